The Morgan fingerprint density at radius 1 is 1.17 bits per heavy atom. The van der Waals surface area contributed by atoms with Gasteiger partial charge >= 0.3 is 0 Å². The summed E-state index contributed by atoms with van der Waals surface area (Å²) in [6, 6.07) is 9.59. The number of anilines is 4. The summed E-state index contributed by atoms with van der Waals surface area (Å²) < 4.78 is 23.1. The molecule has 1 aromatic carbocycles. The minimum atomic E-state index is -2.91. The van der Waals surface area contributed by atoms with Gasteiger partial charge in [-0.2, -0.15) is 4.98 Å². The Hall–Kier alpha value is -2.35. The third-order valence-electron chi connectivity index (χ3n) is 3.88. The summed E-state index contributed by atoms with van der Waals surface area (Å²) in [5, 5.41) is 6.32. The lowest BCUT2D eigenvalue weighted by atomic mass is 10.2. The van der Waals surface area contributed by atoms with E-state index in [1.54, 1.807) is 12.3 Å². The monoisotopic (exact) mass is 347 g/mol. The molecule has 8 heteroatoms. The summed E-state index contributed by atoms with van der Waals surface area (Å²) in [7, 11) is 1.07. The molecule has 0 spiro atoms. The average molecular weight is 347 g/mol. The van der Waals surface area contributed by atoms with Crippen LogP contribution in [0.5, 0.6) is 0 Å². The van der Waals surface area contributed by atoms with Gasteiger partial charge in [-0.05, 0) is 36.8 Å². The van der Waals surface area contributed by atoms with Gasteiger partial charge in [-0.3, -0.25) is 0 Å². The van der Waals surface area contributed by atoms with E-state index in [9.17, 15) is 8.42 Å². The fourth-order valence-electron chi connectivity index (χ4n) is 2.59. The van der Waals surface area contributed by atoms with Crippen LogP contribution in [0.15, 0.2) is 36.5 Å². The molecule has 2 N–H and O–H groups in total. The SMILES string of the molecule is CN(C)c1ccc(Nc2nccc(NC3CCS(=O)(=O)C3)n2)cc1. The van der Waals surface area contributed by atoms with Crippen LogP contribution >= 0.6 is 0 Å². The number of nitrogens with zero attached hydrogens (tertiary/aromatic N) is 3. The van der Waals surface area contributed by atoms with Crippen molar-refractivity contribution in [2.45, 2.75) is 12.5 Å². The van der Waals surface area contributed by atoms with Crippen molar-refractivity contribution in [3.63, 3.8) is 0 Å². The van der Waals surface area contributed by atoms with E-state index in [4.69, 9.17) is 0 Å². The van der Waals surface area contributed by atoms with Crippen LogP contribution in [0.25, 0.3) is 0 Å². The van der Waals surface area contributed by atoms with E-state index in [0.717, 1.165) is 11.4 Å². The Balaban J connectivity index is 1.67. The van der Waals surface area contributed by atoms with Gasteiger partial charge in [-0.1, -0.05) is 0 Å². The molecule has 7 nitrogen and oxygen atoms in total. The number of sulfone groups is 1. The molecule has 0 radical (unpaired) electrons. The predicted octanol–water partition coefficient (Wildman–Crippen LogP) is 1.89. The second kappa shape index (κ2) is 6.64. The third-order valence-corrected chi connectivity index (χ3v) is 5.65. The van der Waals surface area contributed by atoms with Crippen molar-refractivity contribution in [3.8, 4) is 0 Å². The van der Waals surface area contributed by atoms with E-state index in [1.165, 1.54) is 0 Å². The van der Waals surface area contributed by atoms with Gasteiger partial charge < -0.3 is 15.5 Å². The van der Waals surface area contributed by atoms with Gasteiger partial charge in [0.1, 0.15) is 5.82 Å². The van der Waals surface area contributed by atoms with Crippen molar-refractivity contribution in [3.05, 3.63) is 36.5 Å². The Bertz CT molecular complexity index is 805. The molecule has 1 saturated heterocycles. The molecule has 2 heterocycles. The third kappa shape index (κ3) is 4.14. The lowest BCUT2D eigenvalue weighted by Gasteiger charge is -2.14. The fraction of sp³-hybridized carbons (Fsp3) is 0.375. The van der Waals surface area contributed by atoms with Gasteiger partial charge in [0, 0.05) is 37.7 Å². The maximum Gasteiger partial charge on any atom is 0.229 e. The van der Waals surface area contributed by atoms with Crippen molar-refractivity contribution in [2.75, 3.05) is 41.1 Å². The van der Waals surface area contributed by atoms with Crippen LogP contribution in [-0.4, -0.2) is 50.0 Å². The van der Waals surface area contributed by atoms with Crippen molar-refractivity contribution in [1.29, 1.82) is 0 Å². The summed E-state index contributed by atoms with van der Waals surface area (Å²) in [6.07, 6.45) is 2.26. The van der Waals surface area contributed by atoms with Crippen LogP contribution in [0.2, 0.25) is 0 Å². The molecule has 1 aliphatic rings. The Labute approximate surface area is 142 Å². The minimum absolute atomic E-state index is 0.0860. The normalized spacial score (nSPS) is 19.0. The van der Waals surface area contributed by atoms with E-state index in [0.29, 0.717) is 18.2 Å². The quantitative estimate of drug-likeness (QED) is 0.854. The topological polar surface area (TPSA) is 87.2 Å². The predicted molar refractivity (Wildman–Crippen MR) is 96.8 cm³/mol. The number of aromatic nitrogens is 2. The number of hydrogen-bond acceptors (Lipinski definition) is 7. The molecule has 1 unspecified atom stereocenters. The minimum Gasteiger partial charge on any atom is -0.378 e. The summed E-state index contributed by atoms with van der Waals surface area (Å²) in [4.78, 5) is 10.6. The molecule has 24 heavy (non-hydrogen) atoms. The summed E-state index contributed by atoms with van der Waals surface area (Å²) in [5.74, 6) is 1.49. The largest absolute Gasteiger partial charge is 0.378 e. The zero-order valence-corrected chi connectivity index (χ0v) is 14.5. The molecule has 0 saturated carbocycles. The lowest BCUT2D eigenvalue weighted by molar-refractivity contribution is 0.602. The first-order valence-electron chi connectivity index (χ1n) is 7.76. The second-order valence-electron chi connectivity index (χ2n) is 6.08. The van der Waals surface area contributed by atoms with Gasteiger partial charge in [0.15, 0.2) is 9.84 Å². The van der Waals surface area contributed by atoms with Crippen molar-refractivity contribution in [1.82, 2.24) is 9.97 Å². The smallest absolute Gasteiger partial charge is 0.229 e. The first kappa shape index (κ1) is 16.5. The van der Waals surface area contributed by atoms with E-state index < -0.39 is 9.84 Å². The molecule has 2 aromatic rings. The molecular weight excluding hydrogens is 326 g/mol. The summed E-state index contributed by atoms with van der Waals surface area (Å²) in [5.41, 5.74) is 2.00. The van der Waals surface area contributed by atoms with Crippen LogP contribution in [0.1, 0.15) is 6.42 Å². The first-order chi connectivity index (χ1) is 11.4. The molecule has 1 fully saturated rings. The average Bonchev–Trinajstić information content (AvgIpc) is 2.87. The molecule has 1 aliphatic heterocycles. The van der Waals surface area contributed by atoms with Crippen LogP contribution < -0.4 is 15.5 Å². The van der Waals surface area contributed by atoms with Crippen molar-refractivity contribution >= 4 is 33.0 Å². The van der Waals surface area contributed by atoms with Crippen LogP contribution in [-0.2, 0) is 9.84 Å². The van der Waals surface area contributed by atoms with Crippen LogP contribution in [0.3, 0.4) is 0 Å². The number of hydrogen-bond donors (Lipinski definition) is 2. The standard InChI is InChI=1S/C16H21N5O2S/c1-21(2)14-5-3-12(4-6-14)19-16-17-9-7-15(20-16)18-13-8-10-24(22,23)11-13/h3-7,9,13H,8,10-11H2,1-2H3,(H2,17,18,19,20). The Morgan fingerprint density at radius 2 is 1.92 bits per heavy atom. The van der Waals surface area contributed by atoms with Gasteiger partial charge in [-0.15, -0.1) is 0 Å². The van der Waals surface area contributed by atoms with E-state index in [2.05, 4.69) is 20.6 Å². The molecular formula is C16H21N5O2S. The summed E-state index contributed by atoms with van der Waals surface area (Å²) >= 11 is 0. The molecule has 0 aliphatic carbocycles. The maximum absolute atomic E-state index is 11.5. The summed E-state index contributed by atoms with van der Waals surface area (Å²) in [6.45, 7) is 0. The highest BCUT2D eigenvalue weighted by atomic mass is 32.2. The van der Waals surface area contributed by atoms with E-state index >= 15 is 0 Å². The van der Waals surface area contributed by atoms with Crippen molar-refractivity contribution in [2.24, 2.45) is 0 Å². The highest BCUT2D eigenvalue weighted by Crippen LogP contribution is 2.20. The van der Waals surface area contributed by atoms with Gasteiger partial charge in [0.2, 0.25) is 5.95 Å². The lowest BCUT2D eigenvalue weighted by Crippen LogP contribution is -2.21. The Morgan fingerprint density at radius 3 is 2.54 bits per heavy atom. The number of benzene rings is 1. The molecule has 1 aromatic heterocycles. The first-order valence-corrected chi connectivity index (χ1v) is 9.58. The van der Waals surface area contributed by atoms with Gasteiger partial charge in [0.25, 0.3) is 0 Å². The molecule has 128 valence electrons. The molecule has 0 bridgehead atoms. The molecule has 3 rings (SSSR count). The Kier molecular flexibility index (Phi) is 4.57. The number of nitrogens with one attached hydrogen (secondary N) is 2. The van der Waals surface area contributed by atoms with Crippen LogP contribution in [0.4, 0.5) is 23.1 Å². The van der Waals surface area contributed by atoms with Gasteiger partial charge in [0.05, 0.1) is 11.5 Å². The number of rotatable bonds is 5. The molecule has 1 atom stereocenters. The van der Waals surface area contributed by atoms with E-state index in [-0.39, 0.29) is 17.5 Å². The van der Waals surface area contributed by atoms with Crippen molar-refractivity contribution < 1.29 is 8.42 Å². The maximum atomic E-state index is 11.5. The fourth-order valence-corrected chi connectivity index (χ4v) is 4.26. The second-order valence-corrected chi connectivity index (χ2v) is 8.30. The highest BCUT2D eigenvalue weighted by Gasteiger charge is 2.27. The van der Waals surface area contributed by atoms with Crippen LogP contribution in [0, 0.1) is 0 Å². The zero-order valence-electron chi connectivity index (χ0n) is 13.7. The van der Waals surface area contributed by atoms with E-state index in [1.807, 2.05) is 43.3 Å². The zero-order chi connectivity index (χ0) is 17.2. The molecule has 0 amide bonds. The van der Waals surface area contributed by atoms with Gasteiger partial charge in [-0.25, -0.2) is 13.4 Å². The highest BCUT2D eigenvalue weighted by molar-refractivity contribution is 7.91.